The Balaban J connectivity index is 1.49. The lowest BCUT2D eigenvalue weighted by molar-refractivity contribution is -0.117. The van der Waals surface area contributed by atoms with Crippen LogP contribution >= 0.6 is 11.3 Å². The van der Waals surface area contributed by atoms with Crippen LogP contribution < -0.4 is 9.64 Å². The van der Waals surface area contributed by atoms with Gasteiger partial charge in [0.15, 0.2) is 0 Å². The molecule has 2 aliphatic heterocycles. The summed E-state index contributed by atoms with van der Waals surface area (Å²) in [6.45, 7) is 1.95. The van der Waals surface area contributed by atoms with Gasteiger partial charge < -0.3 is 9.64 Å². The van der Waals surface area contributed by atoms with Gasteiger partial charge >= 0.3 is 0 Å². The van der Waals surface area contributed by atoms with E-state index in [-0.39, 0.29) is 5.91 Å². The summed E-state index contributed by atoms with van der Waals surface area (Å²) >= 11 is 1.65. The molecule has 1 amide bonds. The molecule has 0 bridgehead atoms. The number of nitrogens with zero attached hydrogens (tertiary/aromatic N) is 2. The molecule has 2 fully saturated rings. The summed E-state index contributed by atoms with van der Waals surface area (Å²) in [4.78, 5) is 16.9. The molecule has 2 aromatic rings. The average Bonchev–Trinajstić information content (AvgIpc) is 3.27. The molecule has 0 unspecified atom stereocenters. The third kappa shape index (κ3) is 2.64. The Bertz CT molecular complexity index is 684. The quantitative estimate of drug-likeness (QED) is 0.864. The van der Waals surface area contributed by atoms with E-state index in [1.54, 1.807) is 18.4 Å². The van der Waals surface area contributed by atoms with Gasteiger partial charge in [-0.3, -0.25) is 9.69 Å². The van der Waals surface area contributed by atoms with Gasteiger partial charge in [0.25, 0.3) is 0 Å². The first-order valence-corrected chi connectivity index (χ1v) is 8.92. The fourth-order valence-corrected chi connectivity index (χ4v) is 4.45. The van der Waals surface area contributed by atoms with E-state index in [4.69, 9.17) is 4.74 Å². The minimum atomic E-state index is 0.262. The zero-order valence-electron chi connectivity index (χ0n) is 13.1. The van der Waals surface area contributed by atoms with Crippen molar-refractivity contribution in [2.75, 3.05) is 18.6 Å². The lowest BCUT2D eigenvalue weighted by Gasteiger charge is -2.24. The number of amides is 1. The number of carbonyl (C=O) groups excluding carboxylic acids is 1. The van der Waals surface area contributed by atoms with Gasteiger partial charge in [-0.05, 0) is 35.6 Å². The molecule has 4 rings (SSSR count). The zero-order valence-corrected chi connectivity index (χ0v) is 14.0. The predicted molar refractivity (Wildman–Crippen MR) is 92.0 cm³/mol. The monoisotopic (exact) mass is 328 g/mol. The van der Waals surface area contributed by atoms with E-state index in [0.29, 0.717) is 18.5 Å². The molecular formula is C18H20N2O2S. The first-order valence-electron chi connectivity index (χ1n) is 7.97. The number of rotatable bonds is 4. The lowest BCUT2D eigenvalue weighted by atomic mass is 10.1. The molecule has 0 saturated carbocycles. The number of hydrogen-bond acceptors (Lipinski definition) is 4. The van der Waals surface area contributed by atoms with Gasteiger partial charge in [0.1, 0.15) is 5.75 Å². The fraction of sp³-hybridized carbons (Fsp3) is 0.389. The van der Waals surface area contributed by atoms with Crippen molar-refractivity contribution >= 4 is 22.9 Å². The van der Waals surface area contributed by atoms with Crippen molar-refractivity contribution in [2.45, 2.75) is 31.5 Å². The van der Waals surface area contributed by atoms with Crippen LogP contribution in [0.1, 0.15) is 18.4 Å². The predicted octanol–water partition coefficient (Wildman–Crippen LogP) is 3.14. The number of ether oxygens (including phenoxy) is 1. The molecule has 0 radical (unpaired) electrons. The molecular weight excluding hydrogens is 308 g/mol. The Kier molecular flexibility index (Phi) is 3.83. The van der Waals surface area contributed by atoms with Crippen LogP contribution in [0.2, 0.25) is 0 Å². The number of anilines is 1. The first-order chi connectivity index (χ1) is 11.3. The van der Waals surface area contributed by atoms with E-state index >= 15 is 0 Å². The van der Waals surface area contributed by atoms with Crippen molar-refractivity contribution in [2.24, 2.45) is 0 Å². The maximum absolute atomic E-state index is 12.5. The summed E-state index contributed by atoms with van der Waals surface area (Å²) < 4.78 is 5.21. The lowest BCUT2D eigenvalue weighted by Crippen LogP contribution is -2.36. The highest BCUT2D eigenvalue weighted by molar-refractivity contribution is 7.08. The molecule has 0 spiro atoms. The Morgan fingerprint density at radius 3 is 2.74 bits per heavy atom. The van der Waals surface area contributed by atoms with E-state index in [1.807, 2.05) is 22.4 Å². The number of thiophene rings is 1. The van der Waals surface area contributed by atoms with Gasteiger partial charge in [-0.2, -0.15) is 11.3 Å². The molecule has 3 heterocycles. The third-order valence-corrected chi connectivity index (χ3v) is 5.61. The number of benzene rings is 1. The average molecular weight is 328 g/mol. The van der Waals surface area contributed by atoms with Gasteiger partial charge in [0.2, 0.25) is 5.91 Å². The molecule has 1 aromatic heterocycles. The summed E-state index contributed by atoms with van der Waals surface area (Å²) in [6, 6.07) is 10.9. The Hall–Kier alpha value is -1.85. The van der Waals surface area contributed by atoms with E-state index in [9.17, 15) is 4.79 Å². The van der Waals surface area contributed by atoms with Crippen LogP contribution in [0.4, 0.5) is 5.69 Å². The van der Waals surface area contributed by atoms with Crippen LogP contribution in [0.15, 0.2) is 41.1 Å². The summed E-state index contributed by atoms with van der Waals surface area (Å²) in [7, 11) is 1.68. The summed E-state index contributed by atoms with van der Waals surface area (Å²) in [5.74, 6) is 1.14. The number of carbonyl (C=O) groups is 1. The van der Waals surface area contributed by atoms with Crippen molar-refractivity contribution < 1.29 is 9.53 Å². The Labute approximate surface area is 140 Å². The number of likely N-dealkylation sites (tertiary alicyclic amines) is 1. The van der Waals surface area contributed by atoms with E-state index in [0.717, 1.165) is 30.9 Å². The van der Waals surface area contributed by atoms with Crippen LogP contribution in [-0.4, -0.2) is 36.5 Å². The Morgan fingerprint density at radius 1 is 1.22 bits per heavy atom. The molecule has 0 aliphatic carbocycles. The van der Waals surface area contributed by atoms with Gasteiger partial charge in [-0.15, -0.1) is 0 Å². The summed E-state index contributed by atoms with van der Waals surface area (Å²) in [6.07, 6.45) is 1.69. The Morgan fingerprint density at radius 2 is 2.04 bits per heavy atom. The molecule has 1 aromatic carbocycles. The minimum absolute atomic E-state index is 0.262. The van der Waals surface area contributed by atoms with E-state index in [1.165, 1.54) is 5.56 Å². The molecule has 2 saturated heterocycles. The number of hydrogen-bond donors (Lipinski definition) is 0. The minimum Gasteiger partial charge on any atom is -0.497 e. The standard InChI is InChI=1S/C18H20N2O2S/c1-22-15-4-2-13(3-5-15)11-19-8-6-16-17(19)10-18(21)20(16)14-7-9-23-12-14/h2-5,7,9,12,16-17H,6,8,10-11H2,1H3/t16-,17+/m1/s1. The fourth-order valence-electron chi connectivity index (χ4n) is 3.82. The van der Waals surface area contributed by atoms with Crippen LogP contribution in [0.5, 0.6) is 5.75 Å². The van der Waals surface area contributed by atoms with Crippen LogP contribution in [-0.2, 0) is 11.3 Å². The molecule has 0 N–H and O–H groups in total. The maximum atomic E-state index is 12.5. The molecule has 5 heteroatoms. The highest BCUT2D eigenvalue weighted by atomic mass is 32.1. The molecule has 2 aliphatic rings. The van der Waals surface area contributed by atoms with Crippen molar-refractivity contribution in [3.63, 3.8) is 0 Å². The second kappa shape index (κ2) is 5.98. The number of fused-ring (bicyclic) bond motifs is 1. The van der Waals surface area contributed by atoms with Crippen LogP contribution in [0, 0.1) is 0 Å². The van der Waals surface area contributed by atoms with Crippen molar-refractivity contribution in [1.29, 1.82) is 0 Å². The van der Waals surface area contributed by atoms with E-state index < -0.39 is 0 Å². The molecule has 23 heavy (non-hydrogen) atoms. The zero-order chi connectivity index (χ0) is 15.8. The van der Waals surface area contributed by atoms with Crippen molar-refractivity contribution in [1.82, 2.24) is 4.90 Å². The van der Waals surface area contributed by atoms with Crippen LogP contribution in [0.25, 0.3) is 0 Å². The highest BCUT2D eigenvalue weighted by Gasteiger charge is 2.47. The largest absolute Gasteiger partial charge is 0.497 e. The highest BCUT2D eigenvalue weighted by Crippen LogP contribution is 2.37. The van der Waals surface area contributed by atoms with Crippen molar-refractivity contribution in [3.8, 4) is 5.75 Å². The first kappa shape index (κ1) is 14.7. The second-order valence-corrected chi connectivity index (χ2v) is 6.97. The van der Waals surface area contributed by atoms with Gasteiger partial charge in [-0.1, -0.05) is 12.1 Å². The molecule has 4 nitrogen and oxygen atoms in total. The smallest absolute Gasteiger partial charge is 0.228 e. The third-order valence-electron chi connectivity index (χ3n) is 4.94. The SMILES string of the molecule is COc1ccc(CN2CC[C@@H]3[C@@H]2CC(=O)N3c2ccsc2)cc1. The second-order valence-electron chi connectivity index (χ2n) is 6.19. The van der Waals surface area contributed by atoms with Crippen LogP contribution in [0.3, 0.4) is 0 Å². The number of methoxy groups -OCH3 is 1. The van der Waals surface area contributed by atoms with Gasteiger partial charge in [0, 0.05) is 30.9 Å². The maximum Gasteiger partial charge on any atom is 0.228 e. The summed E-state index contributed by atoms with van der Waals surface area (Å²) in [5.41, 5.74) is 2.34. The summed E-state index contributed by atoms with van der Waals surface area (Å²) in [5, 5.41) is 4.12. The van der Waals surface area contributed by atoms with Gasteiger partial charge in [0.05, 0.1) is 18.8 Å². The van der Waals surface area contributed by atoms with E-state index in [2.05, 4.69) is 28.5 Å². The van der Waals surface area contributed by atoms with Crippen molar-refractivity contribution in [3.05, 3.63) is 46.7 Å². The topological polar surface area (TPSA) is 32.8 Å². The molecule has 120 valence electrons. The molecule has 2 atom stereocenters. The normalized spacial score (nSPS) is 24.2. The van der Waals surface area contributed by atoms with Gasteiger partial charge in [-0.25, -0.2) is 0 Å².